The number of rotatable bonds is 6. The maximum absolute atomic E-state index is 14.5. The van der Waals surface area contributed by atoms with E-state index in [2.05, 4.69) is 0 Å². The molecule has 4 amide bonds. The number of hydrogen-bond donors (Lipinski definition) is 0. The predicted octanol–water partition coefficient (Wildman–Crippen LogP) is 4.27. The van der Waals surface area contributed by atoms with Crippen molar-refractivity contribution in [2.45, 2.75) is 24.2 Å². The Morgan fingerprint density at radius 3 is 1.30 bits per heavy atom. The molecule has 2 aromatic heterocycles. The van der Waals surface area contributed by atoms with Crippen molar-refractivity contribution in [2.75, 3.05) is 24.0 Å². The number of ether oxygens (including phenoxy) is 2. The maximum atomic E-state index is 14.5. The molecule has 4 aliphatic heterocycles. The van der Waals surface area contributed by atoms with Crippen LogP contribution in [0, 0.1) is 11.8 Å². The Balaban J connectivity index is 1.31. The third-order valence-electron chi connectivity index (χ3n) is 9.05. The summed E-state index contributed by atoms with van der Waals surface area (Å²) in [5.74, 6) is -2.34. The first-order chi connectivity index (χ1) is 21.5. The average Bonchev–Trinajstić information content (AvgIpc) is 3.88. The second-order valence-corrected chi connectivity index (χ2v) is 12.9. The lowest BCUT2D eigenvalue weighted by molar-refractivity contribution is -0.135. The lowest BCUT2D eigenvalue weighted by Gasteiger charge is -2.35. The highest BCUT2D eigenvalue weighted by Crippen LogP contribution is 2.61. The van der Waals surface area contributed by atoms with Crippen molar-refractivity contribution >= 4 is 57.7 Å². The van der Waals surface area contributed by atoms with E-state index in [4.69, 9.17) is 9.47 Å². The molecule has 0 radical (unpaired) electrons. The number of carbonyl (C=O) groups is 4. The van der Waals surface area contributed by atoms with Gasteiger partial charge in [0.1, 0.15) is 23.6 Å². The Labute approximate surface area is 260 Å². The van der Waals surface area contributed by atoms with Crippen LogP contribution in [0.5, 0.6) is 11.5 Å². The van der Waals surface area contributed by atoms with E-state index in [9.17, 15) is 19.2 Å². The molecular weight excluding hydrogens is 601 g/mol. The van der Waals surface area contributed by atoms with Gasteiger partial charge < -0.3 is 9.47 Å². The summed E-state index contributed by atoms with van der Waals surface area (Å²) in [5.41, 5.74) is 0.745. The molecule has 2 aromatic carbocycles. The van der Waals surface area contributed by atoms with Gasteiger partial charge >= 0.3 is 0 Å². The molecule has 0 aliphatic carbocycles. The van der Waals surface area contributed by atoms with E-state index in [1.165, 1.54) is 46.7 Å². The molecule has 6 heterocycles. The highest BCUT2D eigenvalue weighted by Gasteiger charge is 2.74. The van der Waals surface area contributed by atoms with Gasteiger partial charge in [0.25, 0.3) is 11.8 Å². The molecular formula is C32H26N4O6S2. The van der Waals surface area contributed by atoms with Gasteiger partial charge in [0.2, 0.25) is 11.8 Å². The van der Waals surface area contributed by atoms with Gasteiger partial charge in [-0.05, 0) is 47.2 Å². The zero-order valence-electron chi connectivity index (χ0n) is 23.6. The summed E-state index contributed by atoms with van der Waals surface area (Å²) in [5, 5.41) is 7.58. The second kappa shape index (κ2) is 10.1. The molecule has 6 atom stereocenters. The fraction of sp³-hybridized carbons (Fsp3) is 0.250. The van der Waals surface area contributed by atoms with Crippen LogP contribution in [0.15, 0.2) is 83.6 Å². The first-order valence-electron chi connectivity index (χ1n) is 14.1. The van der Waals surface area contributed by atoms with Gasteiger partial charge in [-0.2, -0.15) is 0 Å². The number of amides is 4. The van der Waals surface area contributed by atoms with Crippen LogP contribution in [0.3, 0.4) is 0 Å². The number of imide groups is 2. The molecule has 0 spiro atoms. The molecule has 222 valence electrons. The van der Waals surface area contributed by atoms with Crippen LogP contribution in [0.4, 0.5) is 11.4 Å². The Morgan fingerprint density at radius 1 is 0.523 bits per heavy atom. The summed E-state index contributed by atoms with van der Waals surface area (Å²) in [7, 11) is 3.00. The van der Waals surface area contributed by atoms with Gasteiger partial charge in [-0.1, -0.05) is 36.4 Å². The van der Waals surface area contributed by atoms with Crippen LogP contribution < -0.4 is 19.3 Å². The summed E-state index contributed by atoms with van der Waals surface area (Å²) in [6, 6.07) is 18.4. The van der Waals surface area contributed by atoms with E-state index in [-0.39, 0.29) is 11.8 Å². The third kappa shape index (κ3) is 3.53. The van der Waals surface area contributed by atoms with E-state index < -0.39 is 47.8 Å². The number of anilines is 2. The maximum Gasteiger partial charge on any atom is 0.253 e. The van der Waals surface area contributed by atoms with Gasteiger partial charge in [-0.3, -0.25) is 19.2 Å². The number of hydrogen-bond acceptors (Lipinski definition) is 10. The van der Waals surface area contributed by atoms with Crippen molar-refractivity contribution in [2.24, 2.45) is 11.8 Å². The first-order valence-corrected chi connectivity index (χ1v) is 15.9. The van der Waals surface area contributed by atoms with E-state index in [1.807, 2.05) is 45.0 Å². The quantitative estimate of drug-likeness (QED) is 0.293. The molecule has 4 fully saturated rings. The number of fused-ring (bicyclic) bond motifs is 5. The lowest BCUT2D eigenvalue weighted by Crippen LogP contribution is -2.50. The van der Waals surface area contributed by atoms with Crippen molar-refractivity contribution < 1.29 is 28.7 Å². The van der Waals surface area contributed by atoms with Crippen LogP contribution in [0.25, 0.3) is 0 Å². The summed E-state index contributed by atoms with van der Waals surface area (Å²) in [4.78, 5) is 61.9. The summed E-state index contributed by atoms with van der Waals surface area (Å²) < 4.78 is 11.1. The SMILES string of the molecule is COc1ccccc1N1C(=O)[C@@H]2[C@@H](C1=O)N1[C@H](c3cccs3)[C@@H]3C(=O)N(c4ccccc4OC)C(=O)[C@@H]3N1[C@@H]2c1cccs1. The molecule has 0 unspecified atom stereocenters. The van der Waals surface area contributed by atoms with Crippen LogP contribution >= 0.6 is 22.7 Å². The molecule has 4 saturated heterocycles. The van der Waals surface area contributed by atoms with Crippen LogP contribution in [-0.2, 0) is 19.2 Å². The molecule has 0 saturated carbocycles. The molecule has 12 heteroatoms. The van der Waals surface area contributed by atoms with E-state index >= 15 is 0 Å². The number of para-hydroxylation sites is 4. The van der Waals surface area contributed by atoms with Crippen molar-refractivity contribution in [3.63, 3.8) is 0 Å². The molecule has 10 nitrogen and oxygen atoms in total. The van der Waals surface area contributed by atoms with Crippen LogP contribution in [0.1, 0.15) is 21.8 Å². The number of thiophene rings is 2. The molecule has 0 N–H and O–H groups in total. The predicted molar refractivity (Wildman–Crippen MR) is 163 cm³/mol. The zero-order chi connectivity index (χ0) is 30.3. The van der Waals surface area contributed by atoms with Crippen molar-refractivity contribution in [3.8, 4) is 11.5 Å². The van der Waals surface area contributed by atoms with Gasteiger partial charge in [-0.15, -0.1) is 22.7 Å². The van der Waals surface area contributed by atoms with Gasteiger partial charge in [0.15, 0.2) is 0 Å². The number of nitrogens with zero attached hydrogens (tertiary/aromatic N) is 4. The zero-order valence-corrected chi connectivity index (χ0v) is 25.2. The molecule has 8 rings (SSSR count). The lowest BCUT2D eigenvalue weighted by atomic mass is 9.88. The van der Waals surface area contributed by atoms with Crippen molar-refractivity contribution in [3.05, 3.63) is 93.3 Å². The average molecular weight is 627 g/mol. The minimum absolute atomic E-state index is 0.364. The van der Waals surface area contributed by atoms with Crippen LogP contribution in [-0.4, -0.2) is 59.9 Å². The minimum atomic E-state index is -0.919. The van der Waals surface area contributed by atoms with Crippen LogP contribution in [0.2, 0.25) is 0 Å². The van der Waals surface area contributed by atoms with Gasteiger partial charge in [0, 0.05) is 9.75 Å². The summed E-state index contributed by atoms with van der Waals surface area (Å²) in [6.07, 6.45) is 0. The fourth-order valence-electron chi connectivity index (χ4n) is 7.42. The monoisotopic (exact) mass is 626 g/mol. The molecule has 4 aliphatic rings. The Bertz CT molecular complexity index is 1680. The third-order valence-corrected chi connectivity index (χ3v) is 10.9. The summed E-state index contributed by atoms with van der Waals surface area (Å²) >= 11 is 2.92. The number of hydrazine groups is 1. The van der Waals surface area contributed by atoms with E-state index in [0.29, 0.717) is 22.9 Å². The highest BCUT2D eigenvalue weighted by molar-refractivity contribution is 7.10. The van der Waals surface area contributed by atoms with E-state index in [1.54, 1.807) is 48.5 Å². The minimum Gasteiger partial charge on any atom is -0.495 e. The molecule has 0 bridgehead atoms. The van der Waals surface area contributed by atoms with Crippen molar-refractivity contribution in [1.29, 1.82) is 0 Å². The van der Waals surface area contributed by atoms with Gasteiger partial charge in [0.05, 0.1) is 49.5 Å². The topological polar surface area (TPSA) is 99.7 Å². The largest absolute Gasteiger partial charge is 0.495 e. The second-order valence-electron chi connectivity index (χ2n) is 11.0. The highest BCUT2D eigenvalue weighted by atomic mass is 32.1. The van der Waals surface area contributed by atoms with Crippen molar-refractivity contribution in [1.82, 2.24) is 10.0 Å². The normalized spacial score (nSPS) is 28.1. The molecule has 44 heavy (non-hydrogen) atoms. The summed E-state index contributed by atoms with van der Waals surface area (Å²) in [6.45, 7) is 0. The smallest absolute Gasteiger partial charge is 0.253 e. The van der Waals surface area contributed by atoms with Gasteiger partial charge in [-0.25, -0.2) is 19.8 Å². The number of benzene rings is 2. The Kier molecular flexibility index (Phi) is 6.24. The number of carbonyl (C=O) groups excluding carboxylic acids is 4. The Hall–Kier alpha value is -4.36. The first kappa shape index (κ1) is 27.2. The van der Waals surface area contributed by atoms with E-state index in [0.717, 1.165) is 9.75 Å². The number of methoxy groups -OCH3 is 2. The Morgan fingerprint density at radius 2 is 0.932 bits per heavy atom. The standard InChI is InChI=1S/C32H26N4O6S2/c1-41-19-11-5-3-9-17(19)33-29(37)23-25(21-13-7-15-43-21)36-28-24(26(22-14-8-16-44-22)35(36)27(23)31(33)39)30(38)34(32(28)40)18-10-4-6-12-20(18)42-2/h3-16,23-28H,1-2H3/t23-,24-,25+,26+,27-,28+/m0/s1. The fourth-order valence-corrected chi connectivity index (χ4v) is 9.15. The molecule has 4 aromatic rings.